The van der Waals surface area contributed by atoms with E-state index in [2.05, 4.69) is 29.0 Å². The Morgan fingerprint density at radius 2 is 1.78 bits per heavy atom. The minimum Gasteiger partial charge on any atom is -0.395 e. The highest BCUT2D eigenvalue weighted by molar-refractivity contribution is 4.82. The highest BCUT2D eigenvalue weighted by Gasteiger charge is 2.27. The summed E-state index contributed by atoms with van der Waals surface area (Å²) >= 11 is 0. The largest absolute Gasteiger partial charge is 0.395 e. The van der Waals surface area contributed by atoms with Gasteiger partial charge in [0.05, 0.1) is 6.61 Å². The SMILES string of the molecule is CCCC(C)(CNC)CN1CCN(CCO)CC1. The van der Waals surface area contributed by atoms with Crippen LogP contribution in [0.3, 0.4) is 0 Å². The van der Waals surface area contributed by atoms with Crippen LogP contribution in [0.4, 0.5) is 0 Å². The Kier molecular flexibility index (Phi) is 7.15. The third-order valence-electron chi connectivity index (χ3n) is 3.94. The lowest BCUT2D eigenvalue weighted by molar-refractivity contribution is 0.0772. The predicted molar refractivity (Wildman–Crippen MR) is 76.9 cm³/mol. The van der Waals surface area contributed by atoms with Crippen LogP contribution in [0, 0.1) is 5.41 Å². The van der Waals surface area contributed by atoms with Crippen molar-refractivity contribution in [1.82, 2.24) is 15.1 Å². The Labute approximate surface area is 112 Å². The molecule has 0 saturated carbocycles. The summed E-state index contributed by atoms with van der Waals surface area (Å²) in [5.74, 6) is 0. The number of β-amino-alcohol motifs (C(OH)–C–C–N with tert-alkyl or cyclic N) is 1. The van der Waals surface area contributed by atoms with Gasteiger partial charge in [0.1, 0.15) is 0 Å². The number of hydrogen-bond donors (Lipinski definition) is 2. The van der Waals surface area contributed by atoms with Crippen molar-refractivity contribution in [1.29, 1.82) is 0 Å². The van der Waals surface area contributed by atoms with E-state index in [0.717, 1.165) is 39.3 Å². The van der Waals surface area contributed by atoms with Gasteiger partial charge in [-0.25, -0.2) is 0 Å². The van der Waals surface area contributed by atoms with Crippen LogP contribution in [-0.2, 0) is 0 Å². The van der Waals surface area contributed by atoms with Crippen molar-refractivity contribution in [2.75, 3.05) is 59.5 Å². The third-order valence-corrected chi connectivity index (χ3v) is 3.94. The van der Waals surface area contributed by atoms with Gasteiger partial charge in [0.15, 0.2) is 0 Å². The lowest BCUT2D eigenvalue weighted by Gasteiger charge is -2.40. The Balaban J connectivity index is 2.37. The summed E-state index contributed by atoms with van der Waals surface area (Å²) < 4.78 is 0. The molecular formula is C14H31N3O. The second kappa shape index (κ2) is 8.10. The average Bonchev–Trinajstić information content (AvgIpc) is 2.32. The van der Waals surface area contributed by atoms with Crippen molar-refractivity contribution in [3.63, 3.8) is 0 Å². The normalized spacial score (nSPS) is 22.0. The van der Waals surface area contributed by atoms with Gasteiger partial charge in [-0.1, -0.05) is 20.3 Å². The van der Waals surface area contributed by atoms with Gasteiger partial charge in [-0.3, -0.25) is 4.90 Å². The van der Waals surface area contributed by atoms with E-state index in [1.54, 1.807) is 0 Å². The zero-order valence-corrected chi connectivity index (χ0v) is 12.4. The molecule has 18 heavy (non-hydrogen) atoms. The summed E-state index contributed by atoms with van der Waals surface area (Å²) in [5.41, 5.74) is 0.392. The zero-order chi connectivity index (χ0) is 13.4. The van der Waals surface area contributed by atoms with Gasteiger partial charge in [0.25, 0.3) is 0 Å². The van der Waals surface area contributed by atoms with Crippen molar-refractivity contribution in [2.24, 2.45) is 5.41 Å². The van der Waals surface area contributed by atoms with Gasteiger partial charge in [0.2, 0.25) is 0 Å². The standard InChI is InChI=1S/C14H31N3O/c1-4-5-14(2,12-15-3)13-17-8-6-16(7-9-17)10-11-18/h15,18H,4-13H2,1-3H3. The molecule has 1 heterocycles. The van der Waals surface area contributed by atoms with Crippen LogP contribution in [0.25, 0.3) is 0 Å². The van der Waals surface area contributed by atoms with Crippen molar-refractivity contribution in [3.05, 3.63) is 0 Å². The molecule has 108 valence electrons. The van der Waals surface area contributed by atoms with Crippen LogP contribution >= 0.6 is 0 Å². The van der Waals surface area contributed by atoms with Crippen LogP contribution in [-0.4, -0.2) is 74.4 Å². The second-order valence-corrected chi connectivity index (χ2v) is 5.93. The molecule has 2 N–H and O–H groups in total. The molecule has 4 nitrogen and oxygen atoms in total. The number of aliphatic hydroxyl groups is 1. The fraction of sp³-hybridized carbons (Fsp3) is 1.00. The van der Waals surface area contributed by atoms with Crippen LogP contribution in [0.5, 0.6) is 0 Å². The Morgan fingerprint density at radius 1 is 1.17 bits per heavy atom. The molecular weight excluding hydrogens is 226 g/mol. The molecule has 4 heteroatoms. The summed E-state index contributed by atoms with van der Waals surface area (Å²) in [6.45, 7) is 12.5. The first-order chi connectivity index (χ1) is 8.63. The molecule has 0 aromatic heterocycles. The number of hydrogen-bond acceptors (Lipinski definition) is 4. The number of aliphatic hydroxyl groups excluding tert-OH is 1. The summed E-state index contributed by atoms with van der Waals surface area (Å²) in [7, 11) is 2.05. The summed E-state index contributed by atoms with van der Waals surface area (Å²) in [4.78, 5) is 4.94. The summed E-state index contributed by atoms with van der Waals surface area (Å²) in [6, 6.07) is 0. The van der Waals surface area contributed by atoms with Crippen LogP contribution < -0.4 is 5.32 Å². The first-order valence-electron chi connectivity index (χ1n) is 7.33. The van der Waals surface area contributed by atoms with E-state index in [1.165, 1.54) is 19.4 Å². The molecule has 1 saturated heterocycles. The molecule has 1 aliphatic heterocycles. The summed E-state index contributed by atoms with van der Waals surface area (Å²) in [6.07, 6.45) is 2.54. The van der Waals surface area contributed by atoms with Crippen molar-refractivity contribution < 1.29 is 5.11 Å². The second-order valence-electron chi connectivity index (χ2n) is 5.93. The smallest absolute Gasteiger partial charge is 0.0558 e. The fourth-order valence-electron chi connectivity index (χ4n) is 3.11. The van der Waals surface area contributed by atoms with E-state index in [9.17, 15) is 0 Å². The topological polar surface area (TPSA) is 38.7 Å². The summed E-state index contributed by atoms with van der Waals surface area (Å²) in [5, 5.41) is 12.3. The lowest BCUT2D eigenvalue weighted by Crippen LogP contribution is -2.51. The zero-order valence-electron chi connectivity index (χ0n) is 12.4. The lowest BCUT2D eigenvalue weighted by atomic mass is 9.84. The van der Waals surface area contributed by atoms with Crippen molar-refractivity contribution in [2.45, 2.75) is 26.7 Å². The van der Waals surface area contributed by atoms with E-state index in [4.69, 9.17) is 5.11 Å². The highest BCUT2D eigenvalue weighted by Crippen LogP contribution is 2.24. The van der Waals surface area contributed by atoms with Crippen molar-refractivity contribution >= 4 is 0 Å². The first-order valence-corrected chi connectivity index (χ1v) is 7.33. The maximum absolute atomic E-state index is 8.95. The third kappa shape index (κ3) is 5.22. The van der Waals surface area contributed by atoms with Crippen LogP contribution in [0.1, 0.15) is 26.7 Å². The quantitative estimate of drug-likeness (QED) is 0.669. The molecule has 1 unspecified atom stereocenters. The van der Waals surface area contributed by atoms with E-state index >= 15 is 0 Å². The number of rotatable bonds is 8. The number of nitrogens with one attached hydrogen (secondary N) is 1. The van der Waals surface area contributed by atoms with Gasteiger partial charge >= 0.3 is 0 Å². The number of nitrogens with zero attached hydrogens (tertiary/aromatic N) is 2. The molecule has 0 bridgehead atoms. The minimum absolute atomic E-state index is 0.285. The molecule has 1 rings (SSSR count). The maximum Gasteiger partial charge on any atom is 0.0558 e. The number of piperazine rings is 1. The molecule has 1 atom stereocenters. The van der Waals surface area contributed by atoms with Gasteiger partial charge in [-0.2, -0.15) is 0 Å². The van der Waals surface area contributed by atoms with Gasteiger partial charge in [0, 0.05) is 45.8 Å². The van der Waals surface area contributed by atoms with E-state index < -0.39 is 0 Å². The van der Waals surface area contributed by atoms with E-state index in [0.29, 0.717) is 5.41 Å². The van der Waals surface area contributed by atoms with Gasteiger partial charge < -0.3 is 15.3 Å². The van der Waals surface area contributed by atoms with Crippen LogP contribution in [0.15, 0.2) is 0 Å². The molecule has 0 amide bonds. The molecule has 1 aliphatic rings. The molecule has 1 fully saturated rings. The van der Waals surface area contributed by atoms with E-state index in [1.807, 2.05) is 7.05 Å². The average molecular weight is 257 g/mol. The van der Waals surface area contributed by atoms with Crippen molar-refractivity contribution in [3.8, 4) is 0 Å². The predicted octanol–water partition coefficient (Wildman–Crippen LogP) is 0.622. The van der Waals surface area contributed by atoms with Crippen LogP contribution in [0.2, 0.25) is 0 Å². The minimum atomic E-state index is 0.285. The van der Waals surface area contributed by atoms with Gasteiger partial charge in [-0.15, -0.1) is 0 Å². The molecule has 0 spiro atoms. The Hall–Kier alpha value is -0.160. The monoisotopic (exact) mass is 257 g/mol. The van der Waals surface area contributed by atoms with E-state index in [-0.39, 0.29) is 6.61 Å². The fourth-order valence-corrected chi connectivity index (χ4v) is 3.11. The van der Waals surface area contributed by atoms with Gasteiger partial charge in [-0.05, 0) is 18.9 Å². The maximum atomic E-state index is 8.95. The molecule has 0 aromatic rings. The molecule has 0 aromatic carbocycles. The molecule has 0 radical (unpaired) electrons. The Morgan fingerprint density at radius 3 is 2.28 bits per heavy atom. The highest BCUT2D eigenvalue weighted by atomic mass is 16.3. The molecule has 0 aliphatic carbocycles. The first kappa shape index (κ1) is 15.9. The Bertz CT molecular complexity index is 209.